The smallest absolute Gasteiger partial charge is 0.260 e. The maximum absolute atomic E-state index is 11.8. The average molecular weight is 280 g/mol. The second-order valence-electron chi connectivity index (χ2n) is 4.83. The van der Waals surface area contributed by atoms with Crippen molar-refractivity contribution in [1.82, 2.24) is 5.32 Å². The SMILES string of the molecule is COCCNC(=O)C(C)Oc1ccccc1CC(C)N. The van der Waals surface area contributed by atoms with Gasteiger partial charge in [-0.2, -0.15) is 0 Å². The van der Waals surface area contributed by atoms with Gasteiger partial charge in [0.2, 0.25) is 0 Å². The van der Waals surface area contributed by atoms with E-state index in [1.807, 2.05) is 31.2 Å². The summed E-state index contributed by atoms with van der Waals surface area (Å²) in [5, 5.41) is 2.75. The molecule has 1 aromatic rings. The third kappa shape index (κ3) is 5.59. The first kappa shape index (κ1) is 16.5. The molecular weight excluding hydrogens is 256 g/mol. The number of rotatable bonds is 8. The summed E-state index contributed by atoms with van der Waals surface area (Å²) in [6.07, 6.45) is 0.162. The number of nitrogens with one attached hydrogen (secondary N) is 1. The van der Waals surface area contributed by atoms with Crippen LogP contribution in [0.3, 0.4) is 0 Å². The van der Waals surface area contributed by atoms with Gasteiger partial charge in [0.15, 0.2) is 6.10 Å². The zero-order valence-corrected chi connectivity index (χ0v) is 12.4. The molecule has 0 saturated heterocycles. The molecule has 0 aliphatic carbocycles. The van der Waals surface area contributed by atoms with Crippen LogP contribution in [0.2, 0.25) is 0 Å². The van der Waals surface area contributed by atoms with Crippen LogP contribution in [0.15, 0.2) is 24.3 Å². The van der Waals surface area contributed by atoms with Crippen LogP contribution in [0.25, 0.3) is 0 Å². The molecule has 2 atom stereocenters. The van der Waals surface area contributed by atoms with E-state index in [4.69, 9.17) is 15.2 Å². The van der Waals surface area contributed by atoms with E-state index in [-0.39, 0.29) is 11.9 Å². The molecule has 20 heavy (non-hydrogen) atoms. The molecule has 1 aromatic carbocycles. The normalized spacial score (nSPS) is 13.6. The number of carbonyl (C=O) groups excluding carboxylic acids is 1. The average Bonchev–Trinajstić information content (AvgIpc) is 2.40. The van der Waals surface area contributed by atoms with Gasteiger partial charge >= 0.3 is 0 Å². The van der Waals surface area contributed by atoms with Gasteiger partial charge in [0, 0.05) is 19.7 Å². The van der Waals surface area contributed by atoms with Crippen LogP contribution >= 0.6 is 0 Å². The molecule has 0 spiro atoms. The highest BCUT2D eigenvalue weighted by atomic mass is 16.5. The van der Waals surface area contributed by atoms with Crippen molar-refractivity contribution in [3.05, 3.63) is 29.8 Å². The maximum atomic E-state index is 11.8. The highest BCUT2D eigenvalue weighted by molar-refractivity contribution is 5.80. The minimum Gasteiger partial charge on any atom is -0.481 e. The van der Waals surface area contributed by atoms with Crippen LogP contribution in [-0.2, 0) is 16.0 Å². The summed E-state index contributed by atoms with van der Waals surface area (Å²) in [4.78, 5) is 11.8. The van der Waals surface area contributed by atoms with Crippen molar-refractivity contribution in [3.8, 4) is 5.75 Å². The van der Waals surface area contributed by atoms with Gasteiger partial charge in [0.1, 0.15) is 5.75 Å². The topological polar surface area (TPSA) is 73.6 Å². The molecule has 5 heteroatoms. The second kappa shape index (κ2) is 8.55. The standard InChI is InChI=1S/C15H24N2O3/c1-11(16)10-13-6-4-5-7-14(13)20-12(2)15(18)17-8-9-19-3/h4-7,11-12H,8-10,16H2,1-3H3,(H,17,18). The molecule has 3 N–H and O–H groups in total. The summed E-state index contributed by atoms with van der Waals surface area (Å²) in [6.45, 7) is 4.63. The van der Waals surface area contributed by atoms with Crippen LogP contribution in [0.5, 0.6) is 5.75 Å². The molecule has 5 nitrogen and oxygen atoms in total. The Morgan fingerprint density at radius 2 is 2.05 bits per heavy atom. The molecule has 0 bridgehead atoms. The molecule has 0 saturated carbocycles. The van der Waals surface area contributed by atoms with Gasteiger partial charge < -0.3 is 20.5 Å². The van der Waals surface area contributed by atoms with E-state index in [1.54, 1.807) is 14.0 Å². The largest absolute Gasteiger partial charge is 0.481 e. The van der Waals surface area contributed by atoms with E-state index in [1.165, 1.54) is 0 Å². The Bertz CT molecular complexity index is 421. The lowest BCUT2D eigenvalue weighted by molar-refractivity contribution is -0.127. The first-order chi connectivity index (χ1) is 9.54. The number of hydrogen-bond acceptors (Lipinski definition) is 4. The summed E-state index contributed by atoms with van der Waals surface area (Å²) in [5.74, 6) is 0.553. The summed E-state index contributed by atoms with van der Waals surface area (Å²) in [6, 6.07) is 7.69. The summed E-state index contributed by atoms with van der Waals surface area (Å²) in [7, 11) is 1.59. The zero-order valence-electron chi connectivity index (χ0n) is 12.4. The van der Waals surface area contributed by atoms with Crippen molar-refractivity contribution in [2.75, 3.05) is 20.3 Å². The van der Waals surface area contributed by atoms with Crippen molar-refractivity contribution in [2.24, 2.45) is 5.73 Å². The zero-order chi connectivity index (χ0) is 15.0. The van der Waals surface area contributed by atoms with E-state index in [0.29, 0.717) is 25.3 Å². The number of methoxy groups -OCH3 is 1. The van der Waals surface area contributed by atoms with Gasteiger partial charge in [0.25, 0.3) is 5.91 Å². The predicted molar refractivity (Wildman–Crippen MR) is 78.8 cm³/mol. The maximum Gasteiger partial charge on any atom is 0.260 e. The summed E-state index contributed by atoms with van der Waals surface area (Å²) in [5.41, 5.74) is 6.83. The van der Waals surface area contributed by atoms with Crippen LogP contribution in [0, 0.1) is 0 Å². The molecule has 0 radical (unpaired) electrons. The van der Waals surface area contributed by atoms with Crippen LogP contribution in [0.4, 0.5) is 0 Å². The molecule has 2 unspecified atom stereocenters. The lowest BCUT2D eigenvalue weighted by atomic mass is 10.1. The van der Waals surface area contributed by atoms with Crippen LogP contribution in [-0.4, -0.2) is 38.3 Å². The highest BCUT2D eigenvalue weighted by Gasteiger charge is 2.16. The van der Waals surface area contributed by atoms with Gasteiger partial charge in [-0.1, -0.05) is 18.2 Å². The monoisotopic (exact) mass is 280 g/mol. The molecule has 0 aliphatic rings. The van der Waals surface area contributed by atoms with Gasteiger partial charge in [-0.25, -0.2) is 0 Å². The van der Waals surface area contributed by atoms with Crippen molar-refractivity contribution in [1.29, 1.82) is 0 Å². The van der Waals surface area contributed by atoms with E-state index >= 15 is 0 Å². The number of carbonyl (C=O) groups is 1. The van der Waals surface area contributed by atoms with E-state index in [2.05, 4.69) is 5.32 Å². The number of hydrogen-bond donors (Lipinski definition) is 2. The van der Waals surface area contributed by atoms with Gasteiger partial charge in [0.05, 0.1) is 6.61 Å². The Labute approximate surface area is 120 Å². The fourth-order valence-corrected chi connectivity index (χ4v) is 1.80. The fraction of sp³-hybridized carbons (Fsp3) is 0.533. The third-order valence-corrected chi connectivity index (χ3v) is 2.79. The lowest BCUT2D eigenvalue weighted by Crippen LogP contribution is -2.38. The first-order valence-corrected chi connectivity index (χ1v) is 6.81. The molecular formula is C15H24N2O3. The molecule has 0 fully saturated rings. The molecule has 112 valence electrons. The molecule has 1 amide bonds. The van der Waals surface area contributed by atoms with Crippen LogP contribution < -0.4 is 15.8 Å². The Hall–Kier alpha value is -1.59. The number of ether oxygens (including phenoxy) is 2. The minimum absolute atomic E-state index is 0.0468. The Kier molecular flexibility index (Phi) is 7.04. The Morgan fingerprint density at radius 3 is 2.70 bits per heavy atom. The fourth-order valence-electron chi connectivity index (χ4n) is 1.80. The summed E-state index contributed by atoms with van der Waals surface area (Å²) >= 11 is 0. The number of amides is 1. The van der Waals surface area contributed by atoms with Gasteiger partial charge in [-0.05, 0) is 31.9 Å². The third-order valence-electron chi connectivity index (χ3n) is 2.79. The lowest BCUT2D eigenvalue weighted by Gasteiger charge is -2.18. The minimum atomic E-state index is -0.555. The Morgan fingerprint density at radius 1 is 1.35 bits per heavy atom. The van der Waals surface area contributed by atoms with Gasteiger partial charge in [-0.15, -0.1) is 0 Å². The molecule has 0 aromatic heterocycles. The van der Waals surface area contributed by atoms with Crippen molar-refractivity contribution in [3.63, 3.8) is 0 Å². The highest BCUT2D eigenvalue weighted by Crippen LogP contribution is 2.20. The predicted octanol–water partition coefficient (Wildman–Crippen LogP) is 1.11. The van der Waals surface area contributed by atoms with Crippen molar-refractivity contribution in [2.45, 2.75) is 32.4 Å². The quantitative estimate of drug-likeness (QED) is 0.700. The van der Waals surface area contributed by atoms with Crippen molar-refractivity contribution >= 4 is 5.91 Å². The molecule has 1 rings (SSSR count). The van der Waals surface area contributed by atoms with E-state index < -0.39 is 6.10 Å². The first-order valence-electron chi connectivity index (χ1n) is 6.81. The number of nitrogens with two attached hydrogens (primary N) is 1. The second-order valence-corrected chi connectivity index (χ2v) is 4.83. The van der Waals surface area contributed by atoms with E-state index in [0.717, 1.165) is 5.56 Å². The molecule has 0 aliphatic heterocycles. The Balaban J connectivity index is 2.60. The van der Waals surface area contributed by atoms with Crippen molar-refractivity contribution < 1.29 is 14.3 Å². The van der Waals surface area contributed by atoms with E-state index in [9.17, 15) is 4.79 Å². The number of benzene rings is 1. The molecule has 0 heterocycles. The summed E-state index contributed by atoms with van der Waals surface area (Å²) < 4.78 is 10.6. The van der Waals surface area contributed by atoms with Gasteiger partial charge in [-0.3, -0.25) is 4.79 Å². The van der Waals surface area contributed by atoms with Crippen LogP contribution in [0.1, 0.15) is 19.4 Å². The number of para-hydroxylation sites is 1.